The lowest BCUT2D eigenvalue weighted by Gasteiger charge is -2.29. The molecule has 0 unspecified atom stereocenters. The molecule has 2 heterocycles. The Balaban J connectivity index is 1.58. The second-order valence-electron chi connectivity index (χ2n) is 11.2. The van der Waals surface area contributed by atoms with Gasteiger partial charge in [0.15, 0.2) is 0 Å². The first-order chi connectivity index (χ1) is 19.2. The highest BCUT2D eigenvalue weighted by Crippen LogP contribution is 2.37. The number of hydrogen-bond acceptors (Lipinski definition) is 7. The fourth-order valence-electron chi connectivity index (χ4n) is 5.39. The minimum atomic E-state index is -2.59. The topological polar surface area (TPSA) is 50.3 Å². The van der Waals surface area contributed by atoms with Crippen LogP contribution in [0.15, 0.2) is 48.8 Å². The van der Waals surface area contributed by atoms with Crippen LogP contribution in [0.1, 0.15) is 89.2 Å². The zero-order chi connectivity index (χ0) is 29.1. The van der Waals surface area contributed by atoms with Crippen LogP contribution in [0.2, 0.25) is 6.04 Å². The lowest BCUT2D eigenvalue weighted by Crippen LogP contribution is -2.46. The van der Waals surface area contributed by atoms with Crippen molar-refractivity contribution in [2.75, 3.05) is 45.0 Å². The molecular weight excluding hydrogens is 516 g/mol. The first-order valence-electron chi connectivity index (χ1n) is 15.1. The SMILES string of the molecule is CCO[Si](CCCN(C)Cc1cccc(CN2C=CN(c3c(C(C)C)cccc3C(C)C)C2)n1)(OCC)OCC. The number of para-hydroxylation sites is 1. The summed E-state index contributed by atoms with van der Waals surface area (Å²) in [5.41, 5.74) is 6.36. The summed E-state index contributed by atoms with van der Waals surface area (Å²) >= 11 is 0. The lowest BCUT2D eigenvalue weighted by molar-refractivity contribution is 0.0701. The molecule has 0 saturated carbocycles. The normalized spacial score (nSPS) is 14.0. The minimum Gasteiger partial charge on any atom is -0.374 e. The number of anilines is 1. The van der Waals surface area contributed by atoms with Gasteiger partial charge in [-0.2, -0.15) is 0 Å². The molecule has 40 heavy (non-hydrogen) atoms. The van der Waals surface area contributed by atoms with E-state index in [4.69, 9.17) is 18.3 Å². The van der Waals surface area contributed by atoms with Crippen molar-refractivity contribution in [1.29, 1.82) is 0 Å². The van der Waals surface area contributed by atoms with Gasteiger partial charge in [0.05, 0.1) is 24.6 Å². The molecule has 3 rings (SSSR count). The highest BCUT2D eigenvalue weighted by atomic mass is 28.4. The summed E-state index contributed by atoms with van der Waals surface area (Å²) in [7, 11) is -0.441. The van der Waals surface area contributed by atoms with Crippen LogP contribution >= 0.6 is 0 Å². The van der Waals surface area contributed by atoms with Gasteiger partial charge in [-0.3, -0.25) is 4.98 Å². The van der Waals surface area contributed by atoms with Crippen molar-refractivity contribution in [3.63, 3.8) is 0 Å². The van der Waals surface area contributed by atoms with Gasteiger partial charge in [-0.25, -0.2) is 0 Å². The molecule has 0 atom stereocenters. The highest BCUT2D eigenvalue weighted by molar-refractivity contribution is 6.60. The summed E-state index contributed by atoms with van der Waals surface area (Å²) in [5.74, 6) is 0.950. The maximum absolute atomic E-state index is 6.01. The molecule has 0 N–H and O–H groups in total. The average Bonchev–Trinajstić information content (AvgIpc) is 3.37. The standard InChI is InChI=1S/C32H52N4O3Si/c1-9-37-40(38-10-2,39-11-3)22-14-19-34(8)23-28-15-12-16-29(33-28)24-35-20-21-36(25-35)32-30(26(4)5)17-13-18-31(32)27(6)7/h12-13,15-18,20-21,26-27H,9-11,14,19,22-25H2,1-8H3. The van der Waals surface area contributed by atoms with E-state index in [1.165, 1.54) is 16.8 Å². The minimum absolute atomic E-state index is 0.475. The van der Waals surface area contributed by atoms with E-state index in [0.29, 0.717) is 31.7 Å². The molecule has 0 radical (unpaired) electrons. The maximum Gasteiger partial charge on any atom is 0.500 e. The molecular formula is C32H52N4O3Si. The molecule has 1 aromatic heterocycles. The third-order valence-corrected chi connectivity index (χ3v) is 10.3. The maximum atomic E-state index is 6.01. The van der Waals surface area contributed by atoms with E-state index in [9.17, 15) is 0 Å². The predicted octanol–water partition coefficient (Wildman–Crippen LogP) is 6.95. The molecule has 0 saturated heterocycles. The van der Waals surface area contributed by atoms with Crippen molar-refractivity contribution in [2.24, 2.45) is 0 Å². The second-order valence-corrected chi connectivity index (χ2v) is 13.9. The van der Waals surface area contributed by atoms with E-state index in [-0.39, 0.29) is 0 Å². The van der Waals surface area contributed by atoms with Crippen LogP contribution in [0.25, 0.3) is 0 Å². The van der Waals surface area contributed by atoms with Crippen molar-refractivity contribution >= 4 is 14.5 Å². The van der Waals surface area contributed by atoms with Crippen LogP contribution in [0, 0.1) is 0 Å². The van der Waals surface area contributed by atoms with Crippen LogP contribution in [-0.4, -0.2) is 63.7 Å². The number of pyridine rings is 1. The molecule has 1 aliphatic heterocycles. The van der Waals surface area contributed by atoms with E-state index in [1.54, 1.807) is 0 Å². The number of nitrogens with zero attached hydrogens (tertiary/aromatic N) is 4. The van der Waals surface area contributed by atoms with Gasteiger partial charge < -0.3 is 28.0 Å². The van der Waals surface area contributed by atoms with Gasteiger partial charge in [-0.05, 0) is 75.9 Å². The first-order valence-corrected chi connectivity index (χ1v) is 17.0. The van der Waals surface area contributed by atoms with Crippen LogP contribution < -0.4 is 4.90 Å². The zero-order valence-electron chi connectivity index (χ0n) is 26.2. The lowest BCUT2D eigenvalue weighted by atomic mass is 9.92. The Labute approximate surface area is 244 Å². The number of benzene rings is 1. The van der Waals surface area contributed by atoms with Crippen molar-refractivity contribution in [3.05, 3.63) is 71.3 Å². The molecule has 0 amide bonds. The number of hydrogen-bond donors (Lipinski definition) is 0. The molecule has 1 aliphatic rings. The quantitative estimate of drug-likeness (QED) is 0.191. The van der Waals surface area contributed by atoms with Gasteiger partial charge >= 0.3 is 8.80 Å². The Morgan fingerprint density at radius 2 is 1.43 bits per heavy atom. The summed E-state index contributed by atoms with van der Waals surface area (Å²) in [4.78, 5) is 12.1. The fraction of sp³-hybridized carbons (Fsp3) is 0.594. The molecule has 0 bridgehead atoms. The van der Waals surface area contributed by atoms with Crippen molar-refractivity contribution < 1.29 is 13.3 Å². The fourth-order valence-corrected chi connectivity index (χ4v) is 7.99. The third-order valence-electron chi connectivity index (χ3n) is 7.20. The summed E-state index contributed by atoms with van der Waals surface area (Å²) in [6.45, 7) is 20.4. The molecule has 2 aromatic rings. The van der Waals surface area contributed by atoms with Crippen molar-refractivity contribution in [2.45, 2.75) is 85.9 Å². The van der Waals surface area contributed by atoms with Crippen LogP contribution in [0.4, 0.5) is 5.69 Å². The van der Waals surface area contributed by atoms with E-state index in [2.05, 4.69) is 98.2 Å². The monoisotopic (exact) mass is 568 g/mol. The number of aromatic nitrogens is 1. The van der Waals surface area contributed by atoms with Gasteiger partial charge in [-0.15, -0.1) is 0 Å². The number of rotatable bonds is 17. The van der Waals surface area contributed by atoms with Crippen LogP contribution in [0.3, 0.4) is 0 Å². The molecule has 0 spiro atoms. The molecule has 8 heteroatoms. The smallest absolute Gasteiger partial charge is 0.374 e. The Morgan fingerprint density at radius 1 is 0.850 bits per heavy atom. The van der Waals surface area contributed by atoms with Gasteiger partial charge in [0, 0.05) is 50.5 Å². The van der Waals surface area contributed by atoms with Gasteiger partial charge in [0.25, 0.3) is 0 Å². The highest BCUT2D eigenvalue weighted by Gasteiger charge is 2.39. The van der Waals surface area contributed by atoms with E-state index < -0.39 is 8.80 Å². The molecule has 0 aliphatic carbocycles. The summed E-state index contributed by atoms with van der Waals surface area (Å²) in [6, 6.07) is 14.0. The Hall–Kier alpha value is -2.23. The van der Waals surface area contributed by atoms with Crippen molar-refractivity contribution in [1.82, 2.24) is 14.8 Å². The van der Waals surface area contributed by atoms with Gasteiger partial charge in [-0.1, -0.05) is 52.0 Å². The summed E-state index contributed by atoms with van der Waals surface area (Å²) < 4.78 is 18.0. The van der Waals surface area contributed by atoms with E-state index >= 15 is 0 Å². The Morgan fingerprint density at radius 3 is 2.00 bits per heavy atom. The van der Waals surface area contributed by atoms with E-state index in [1.807, 2.05) is 20.8 Å². The van der Waals surface area contributed by atoms with Crippen LogP contribution in [-0.2, 0) is 26.4 Å². The molecule has 7 nitrogen and oxygen atoms in total. The molecule has 1 aromatic carbocycles. The van der Waals surface area contributed by atoms with Gasteiger partial charge in [0.2, 0.25) is 0 Å². The average molecular weight is 569 g/mol. The van der Waals surface area contributed by atoms with Gasteiger partial charge in [0.1, 0.15) is 0 Å². The van der Waals surface area contributed by atoms with E-state index in [0.717, 1.165) is 50.2 Å². The van der Waals surface area contributed by atoms with Crippen LogP contribution in [0.5, 0.6) is 0 Å². The zero-order valence-corrected chi connectivity index (χ0v) is 27.2. The first kappa shape index (κ1) is 32.3. The van der Waals surface area contributed by atoms with Crippen molar-refractivity contribution in [3.8, 4) is 0 Å². The Bertz CT molecular complexity index is 1030. The largest absolute Gasteiger partial charge is 0.500 e. The Kier molecular flexibility index (Phi) is 12.7. The molecule has 0 fully saturated rings. The summed E-state index contributed by atoms with van der Waals surface area (Å²) in [6.07, 6.45) is 5.39. The second kappa shape index (κ2) is 15.7. The summed E-state index contributed by atoms with van der Waals surface area (Å²) in [5, 5.41) is 0. The third kappa shape index (κ3) is 8.88. The predicted molar refractivity (Wildman–Crippen MR) is 167 cm³/mol. The molecule has 222 valence electrons.